The Labute approximate surface area is 227 Å². The lowest BCUT2D eigenvalue weighted by molar-refractivity contribution is 0.411. The molecule has 2 aliphatic rings. The Morgan fingerprint density at radius 1 is 0.973 bits per heavy atom. The first kappa shape index (κ1) is 27.4. The summed E-state index contributed by atoms with van der Waals surface area (Å²) in [6, 6.07) is 16.4. The normalized spacial score (nSPS) is 19.4. The van der Waals surface area contributed by atoms with Crippen molar-refractivity contribution in [3.8, 4) is 0 Å². The van der Waals surface area contributed by atoms with Crippen molar-refractivity contribution >= 4 is 11.1 Å². The van der Waals surface area contributed by atoms with Crippen molar-refractivity contribution in [2.45, 2.75) is 92.4 Å². The molecule has 0 radical (unpaired) electrons. The summed E-state index contributed by atoms with van der Waals surface area (Å²) < 4.78 is 0. The number of hydrogen-bond acceptors (Lipinski definition) is 0. The average molecular weight is 493 g/mol. The number of allylic oxidation sites excluding steroid dienone is 6. The van der Waals surface area contributed by atoms with Gasteiger partial charge in [-0.15, -0.1) is 0 Å². The van der Waals surface area contributed by atoms with Gasteiger partial charge >= 0.3 is 0 Å². The molecule has 2 aromatic rings. The van der Waals surface area contributed by atoms with Gasteiger partial charge in [0.05, 0.1) is 0 Å². The molecule has 2 atom stereocenters. The standard InChI is InChI=1S/C37H48/c1-24(2)28(6)30-11-13-31(14-12-30)35-18-25(3)17-34(35)27(5)19-26(4)32-20-29(23-36(7,8)9)21-33(22-32)37(10)15-16-37/h11-14,17-18,20-22,24,27,35H,4,6,15-16,19,23H2,1-3,5,7-10H3/t27-,35?/m1/s1. The monoisotopic (exact) mass is 492 g/mol. The van der Waals surface area contributed by atoms with Crippen LogP contribution in [0, 0.1) is 17.3 Å². The van der Waals surface area contributed by atoms with Gasteiger partial charge in [0.2, 0.25) is 0 Å². The molecule has 0 heterocycles. The van der Waals surface area contributed by atoms with Gasteiger partial charge in [0.15, 0.2) is 0 Å². The highest BCUT2D eigenvalue weighted by atomic mass is 14.4. The van der Waals surface area contributed by atoms with E-state index in [4.69, 9.17) is 0 Å². The second kappa shape index (κ2) is 10.3. The van der Waals surface area contributed by atoms with E-state index in [1.54, 1.807) is 0 Å². The molecule has 0 nitrogen and oxygen atoms in total. The van der Waals surface area contributed by atoms with Crippen LogP contribution < -0.4 is 0 Å². The zero-order valence-electron chi connectivity index (χ0n) is 24.7. The van der Waals surface area contributed by atoms with Crippen LogP contribution in [0.2, 0.25) is 0 Å². The maximum atomic E-state index is 4.63. The summed E-state index contributed by atoms with van der Waals surface area (Å²) in [5.74, 6) is 1.24. The minimum Gasteiger partial charge on any atom is -0.0952 e. The maximum Gasteiger partial charge on any atom is 0.0239 e. The third-order valence-electron chi connectivity index (χ3n) is 8.47. The molecular weight excluding hydrogens is 444 g/mol. The summed E-state index contributed by atoms with van der Waals surface area (Å²) in [4.78, 5) is 0. The van der Waals surface area contributed by atoms with Crippen molar-refractivity contribution in [3.63, 3.8) is 0 Å². The Bertz CT molecular complexity index is 1230. The highest BCUT2D eigenvalue weighted by Gasteiger charge is 2.39. The maximum absolute atomic E-state index is 4.63. The summed E-state index contributed by atoms with van der Waals surface area (Å²) in [6.07, 6.45) is 9.53. The van der Waals surface area contributed by atoms with Gasteiger partial charge in [-0.05, 0) is 94.2 Å². The average Bonchev–Trinajstić information content (AvgIpc) is 3.45. The first-order valence-corrected chi connectivity index (χ1v) is 14.3. The molecule has 37 heavy (non-hydrogen) atoms. The molecule has 0 spiro atoms. The van der Waals surface area contributed by atoms with Crippen LogP contribution in [-0.4, -0.2) is 0 Å². The van der Waals surface area contributed by atoms with E-state index in [1.165, 1.54) is 63.0 Å². The van der Waals surface area contributed by atoms with Crippen molar-refractivity contribution in [1.29, 1.82) is 0 Å². The lowest BCUT2D eigenvalue weighted by Crippen LogP contribution is -2.11. The topological polar surface area (TPSA) is 0 Å². The molecular formula is C37H48. The number of hydrogen-bond donors (Lipinski definition) is 0. The molecule has 4 rings (SSSR count). The smallest absolute Gasteiger partial charge is 0.0239 e. The van der Waals surface area contributed by atoms with Gasteiger partial charge in [-0.3, -0.25) is 0 Å². The molecule has 0 aromatic heterocycles. The van der Waals surface area contributed by atoms with Gasteiger partial charge in [-0.2, -0.15) is 0 Å². The fourth-order valence-electron chi connectivity index (χ4n) is 5.78. The van der Waals surface area contributed by atoms with Gasteiger partial charge in [0.25, 0.3) is 0 Å². The van der Waals surface area contributed by atoms with Crippen LogP contribution in [-0.2, 0) is 11.8 Å². The predicted octanol–water partition coefficient (Wildman–Crippen LogP) is 10.7. The fraction of sp³-hybridized carbons (Fsp3) is 0.459. The van der Waals surface area contributed by atoms with Crippen molar-refractivity contribution in [3.05, 3.63) is 107 Å². The molecule has 1 saturated carbocycles. The SMILES string of the molecule is C=C(C[C@@H](C)C1=CC(C)=CC1c1ccc(C(=C)C(C)C)cc1)c1cc(CC(C)(C)C)cc(C2(C)CC2)c1. The van der Waals surface area contributed by atoms with Crippen LogP contribution in [0.25, 0.3) is 11.1 Å². The largest absolute Gasteiger partial charge is 0.0952 e. The lowest BCUT2D eigenvalue weighted by Gasteiger charge is -2.24. The van der Waals surface area contributed by atoms with Crippen LogP contribution in [0.1, 0.15) is 108 Å². The van der Waals surface area contributed by atoms with Crippen LogP contribution in [0.5, 0.6) is 0 Å². The molecule has 0 N–H and O–H groups in total. The second-order valence-corrected chi connectivity index (χ2v) is 13.8. The zero-order valence-corrected chi connectivity index (χ0v) is 24.7. The number of benzene rings is 2. The van der Waals surface area contributed by atoms with E-state index in [0.29, 0.717) is 23.2 Å². The summed E-state index contributed by atoms with van der Waals surface area (Å²) in [5.41, 5.74) is 12.9. The van der Waals surface area contributed by atoms with Gasteiger partial charge in [0.1, 0.15) is 0 Å². The van der Waals surface area contributed by atoms with Crippen molar-refractivity contribution in [2.24, 2.45) is 17.3 Å². The second-order valence-electron chi connectivity index (χ2n) is 13.8. The van der Waals surface area contributed by atoms with Crippen molar-refractivity contribution in [1.82, 2.24) is 0 Å². The van der Waals surface area contributed by atoms with Crippen molar-refractivity contribution < 1.29 is 0 Å². The lowest BCUT2D eigenvalue weighted by atomic mass is 9.80. The Hall–Kier alpha value is -2.60. The van der Waals surface area contributed by atoms with Gasteiger partial charge in [-0.1, -0.05) is 127 Å². The first-order chi connectivity index (χ1) is 17.3. The molecule has 1 fully saturated rings. The van der Waals surface area contributed by atoms with E-state index in [9.17, 15) is 0 Å². The Morgan fingerprint density at radius 3 is 2.19 bits per heavy atom. The molecule has 1 unspecified atom stereocenters. The third-order valence-corrected chi connectivity index (χ3v) is 8.47. The Kier molecular flexibility index (Phi) is 7.62. The van der Waals surface area contributed by atoms with Gasteiger partial charge in [0, 0.05) is 5.92 Å². The summed E-state index contributed by atoms with van der Waals surface area (Å²) in [7, 11) is 0. The van der Waals surface area contributed by atoms with Crippen molar-refractivity contribution in [2.75, 3.05) is 0 Å². The van der Waals surface area contributed by atoms with E-state index in [0.717, 1.165) is 12.8 Å². The zero-order chi connectivity index (χ0) is 27.1. The molecule has 0 saturated heterocycles. The van der Waals surface area contributed by atoms with E-state index >= 15 is 0 Å². The molecule has 0 amide bonds. The summed E-state index contributed by atoms with van der Waals surface area (Å²) >= 11 is 0. The van der Waals surface area contributed by atoms with E-state index in [-0.39, 0.29) is 5.41 Å². The quantitative estimate of drug-likeness (QED) is 0.326. The van der Waals surface area contributed by atoms with Crippen LogP contribution in [0.4, 0.5) is 0 Å². The van der Waals surface area contributed by atoms with Gasteiger partial charge in [-0.25, -0.2) is 0 Å². The van der Waals surface area contributed by atoms with Crippen LogP contribution >= 0.6 is 0 Å². The Morgan fingerprint density at radius 2 is 1.62 bits per heavy atom. The molecule has 2 aliphatic carbocycles. The molecule has 0 bridgehead atoms. The van der Waals surface area contributed by atoms with E-state index in [1.807, 2.05) is 0 Å². The minimum absolute atomic E-state index is 0.275. The fourth-order valence-corrected chi connectivity index (χ4v) is 5.78. The first-order valence-electron chi connectivity index (χ1n) is 14.3. The molecule has 0 heteroatoms. The summed E-state index contributed by atoms with van der Waals surface area (Å²) in [5, 5.41) is 0. The van der Waals surface area contributed by atoms with E-state index in [2.05, 4.69) is 123 Å². The van der Waals surface area contributed by atoms with Crippen LogP contribution in [0.3, 0.4) is 0 Å². The van der Waals surface area contributed by atoms with Gasteiger partial charge < -0.3 is 0 Å². The molecule has 0 aliphatic heterocycles. The Balaban J connectivity index is 1.54. The van der Waals surface area contributed by atoms with Crippen LogP contribution in [0.15, 0.2) is 78.9 Å². The molecule has 196 valence electrons. The minimum atomic E-state index is 0.275. The van der Waals surface area contributed by atoms with E-state index < -0.39 is 0 Å². The highest BCUT2D eigenvalue weighted by Crippen LogP contribution is 2.49. The summed E-state index contributed by atoms with van der Waals surface area (Å²) in [6.45, 7) is 27.4. The number of rotatable bonds is 9. The third kappa shape index (κ3) is 6.46. The highest BCUT2D eigenvalue weighted by molar-refractivity contribution is 5.67. The molecule has 2 aromatic carbocycles. The predicted molar refractivity (Wildman–Crippen MR) is 164 cm³/mol.